The Bertz CT molecular complexity index is 715. The van der Waals surface area contributed by atoms with Crippen LogP contribution in [0.2, 0.25) is 0 Å². The molecule has 0 radical (unpaired) electrons. The van der Waals surface area contributed by atoms with Gasteiger partial charge >= 0.3 is 11.9 Å². The van der Waals surface area contributed by atoms with Crippen LogP contribution in [0.1, 0.15) is 65.2 Å². The predicted octanol–water partition coefficient (Wildman–Crippen LogP) is 5.10. The van der Waals surface area contributed by atoms with Gasteiger partial charge in [0.25, 0.3) is 5.69 Å². The van der Waals surface area contributed by atoms with Crippen LogP contribution in [-0.2, 0) is 19.1 Å². The van der Waals surface area contributed by atoms with Gasteiger partial charge in [-0.1, -0.05) is 58.4 Å². The molecule has 0 aliphatic carbocycles. The van der Waals surface area contributed by atoms with E-state index in [-0.39, 0.29) is 30.4 Å². The Kier molecular flexibility index (Phi) is 12.6. The highest BCUT2D eigenvalue weighted by molar-refractivity contribution is 5.95. The highest BCUT2D eigenvalue weighted by atomic mass is 16.6. The fourth-order valence-electron chi connectivity index (χ4n) is 2.53. The van der Waals surface area contributed by atoms with Crippen LogP contribution < -0.4 is 4.74 Å². The first-order chi connectivity index (χ1) is 14.5. The number of nitro benzene ring substituents is 1. The number of ether oxygens (including phenoxy) is 3. The van der Waals surface area contributed by atoms with Crippen molar-refractivity contribution in [3.63, 3.8) is 0 Å². The van der Waals surface area contributed by atoms with Crippen LogP contribution in [0, 0.1) is 10.1 Å². The maximum Gasteiger partial charge on any atom is 0.374 e. The predicted molar refractivity (Wildman–Crippen MR) is 112 cm³/mol. The van der Waals surface area contributed by atoms with E-state index in [0.717, 1.165) is 51.0 Å². The maximum atomic E-state index is 12.4. The van der Waals surface area contributed by atoms with Gasteiger partial charge in [-0.25, -0.2) is 9.59 Å². The highest BCUT2D eigenvalue weighted by Crippen LogP contribution is 2.21. The van der Waals surface area contributed by atoms with Crippen molar-refractivity contribution < 1.29 is 28.7 Å². The molecule has 1 aromatic rings. The third-order valence-corrected chi connectivity index (χ3v) is 4.18. The topological polar surface area (TPSA) is 105 Å². The van der Waals surface area contributed by atoms with Gasteiger partial charge in [0.15, 0.2) is 0 Å². The molecular formula is C22H31NO7. The molecule has 166 valence electrons. The fraction of sp³-hybridized carbons (Fsp3) is 0.545. The van der Waals surface area contributed by atoms with Crippen molar-refractivity contribution in [1.82, 2.24) is 0 Å². The Morgan fingerprint density at radius 2 is 1.60 bits per heavy atom. The van der Waals surface area contributed by atoms with Crippen molar-refractivity contribution in [2.75, 3.05) is 13.2 Å². The van der Waals surface area contributed by atoms with E-state index in [9.17, 15) is 19.7 Å². The number of hydrogen-bond donors (Lipinski definition) is 0. The molecule has 0 saturated heterocycles. The second kappa shape index (κ2) is 15.0. The molecule has 0 spiro atoms. The zero-order valence-corrected chi connectivity index (χ0v) is 17.8. The summed E-state index contributed by atoms with van der Waals surface area (Å²) in [5.41, 5.74) is -0.196. The molecule has 0 saturated carbocycles. The summed E-state index contributed by atoms with van der Waals surface area (Å²) in [7, 11) is 0. The number of carbonyl (C=O) groups excluding carboxylic acids is 2. The lowest BCUT2D eigenvalue weighted by Crippen LogP contribution is -2.16. The summed E-state index contributed by atoms with van der Waals surface area (Å²) in [4.78, 5) is 34.8. The third kappa shape index (κ3) is 10.6. The molecule has 1 aromatic carbocycles. The molecule has 0 aliphatic heterocycles. The molecule has 8 heteroatoms. The fourth-order valence-corrected chi connectivity index (χ4v) is 2.53. The van der Waals surface area contributed by atoms with Crippen molar-refractivity contribution in [3.8, 4) is 5.75 Å². The summed E-state index contributed by atoms with van der Waals surface area (Å²) >= 11 is 0. The van der Waals surface area contributed by atoms with Gasteiger partial charge in [0, 0.05) is 6.07 Å². The van der Waals surface area contributed by atoms with Gasteiger partial charge in [-0.15, -0.1) is 0 Å². The minimum absolute atomic E-state index is 0.0501. The molecule has 0 N–H and O–H groups in total. The largest absolute Gasteiger partial charge is 0.462 e. The molecule has 30 heavy (non-hydrogen) atoms. The van der Waals surface area contributed by atoms with E-state index in [2.05, 4.69) is 13.8 Å². The van der Waals surface area contributed by atoms with Crippen LogP contribution in [0.4, 0.5) is 5.69 Å². The van der Waals surface area contributed by atoms with Gasteiger partial charge in [-0.3, -0.25) is 10.1 Å². The van der Waals surface area contributed by atoms with Gasteiger partial charge in [0.2, 0.25) is 5.76 Å². The second-order valence-electron chi connectivity index (χ2n) is 6.79. The Hall–Kier alpha value is -2.90. The zero-order valence-electron chi connectivity index (χ0n) is 17.8. The molecule has 8 nitrogen and oxygen atoms in total. The van der Waals surface area contributed by atoms with E-state index < -0.39 is 16.9 Å². The Morgan fingerprint density at radius 3 is 2.20 bits per heavy atom. The standard InChI is InChI=1S/C22H31NO7/c1-3-5-7-9-14-28-21(24)17-20(22(25)29-15-10-8-6-4-2)30-19-13-11-12-18(16-19)23(26)27/h11-13,16-17H,3-10,14-15H2,1-2H3/b20-17+. The first kappa shape index (κ1) is 25.1. The van der Waals surface area contributed by atoms with E-state index in [1.165, 1.54) is 24.3 Å². The van der Waals surface area contributed by atoms with Crippen molar-refractivity contribution in [2.24, 2.45) is 0 Å². The van der Waals surface area contributed by atoms with Crippen LogP contribution in [0.5, 0.6) is 5.75 Å². The Morgan fingerprint density at radius 1 is 0.967 bits per heavy atom. The number of non-ortho nitro benzene ring substituents is 1. The van der Waals surface area contributed by atoms with Crippen LogP contribution in [0.25, 0.3) is 0 Å². The first-order valence-electron chi connectivity index (χ1n) is 10.5. The minimum Gasteiger partial charge on any atom is -0.462 e. The summed E-state index contributed by atoms with van der Waals surface area (Å²) in [6.45, 7) is 4.60. The van der Waals surface area contributed by atoms with E-state index in [1.54, 1.807) is 0 Å². The van der Waals surface area contributed by atoms with Crippen LogP contribution >= 0.6 is 0 Å². The van der Waals surface area contributed by atoms with Crippen molar-refractivity contribution in [2.45, 2.75) is 65.2 Å². The summed E-state index contributed by atoms with van der Waals surface area (Å²) in [6.07, 6.45) is 8.44. The average Bonchev–Trinajstić information content (AvgIpc) is 2.73. The van der Waals surface area contributed by atoms with Crippen LogP contribution in [0.15, 0.2) is 36.1 Å². The lowest BCUT2D eigenvalue weighted by atomic mass is 10.2. The Balaban J connectivity index is 2.79. The number of hydrogen-bond acceptors (Lipinski definition) is 7. The quantitative estimate of drug-likeness (QED) is 0.0968. The SMILES string of the molecule is CCCCCCOC(=O)/C=C(/Oc1cccc([N+](=O)[O-])c1)C(=O)OCCCCCC. The van der Waals surface area contributed by atoms with Gasteiger partial charge in [0.05, 0.1) is 30.3 Å². The van der Waals surface area contributed by atoms with Crippen LogP contribution in [0.3, 0.4) is 0 Å². The number of benzene rings is 1. The van der Waals surface area contributed by atoms with Crippen molar-refractivity contribution in [3.05, 3.63) is 46.2 Å². The molecule has 1 rings (SSSR count). The molecule has 0 atom stereocenters. The normalized spacial score (nSPS) is 11.1. The number of esters is 2. The summed E-state index contributed by atoms with van der Waals surface area (Å²) < 4.78 is 15.7. The van der Waals surface area contributed by atoms with E-state index >= 15 is 0 Å². The number of nitrogens with zero attached hydrogens (tertiary/aromatic N) is 1. The van der Waals surface area contributed by atoms with E-state index in [1.807, 2.05) is 0 Å². The van der Waals surface area contributed by atoms with Gasteiger partial charge in [0.1, 0.15) is 5.75 Å². The van der Waals surface area contributed by atoms with E-state index in [0.29, 0.717) is 6.42 Å². The van der Waals surface area contributed by atoms with Gasteiger partial charge in [-0.05, 0) is 18.9 Å². The van der Waals surface area contributed by atoms with Crippen LogP contribution in [-0.4, -0.2) is 30.1 Å². The minimum atomic E-state index is -0.819. The molecular weight excluding hydrogens is 390 g/mol. The smallest absolute Gasteiger partial charge is 0.374 e. The molecule has 0 heterocycles. The molecule has 0 amide bonds. The number of rotatable bonds is 15. The molecule has 0 aliphatic rings. The highest BCUT2D eigenvalue weighted by Gasteiger charge is 2.18. The van der Waals surface area contributed by atoms with E-state index in [4.69, 9.17) is 14.2 Å². The summed E-state index contributed by atoms with van der Waals surface area (Å²) in [6, 6.07) is 5.34. The summed E-state index contributed by atoms with van der Waals surface area (Å²) in [5, 5.41) is 10.9. The maximum absolute atomic E-state index is 12.4. The number of nitro groups is 1. The van der Waals surface area contributed by atoms with Gasteiger partial charge in [-0.2, -0.15) is 0 Å². The number of carbonyl (C=O) groups is 2. The molecule has 0 bridgehead atoms. The van der Waals surface area contributed by atoms with Crippen molar-refractivity contribution in [1.29, 1.82) is 0 Å². The first-order valence-corrected chi connectivity index (χ1v) is 10.5. The monoisotopic (exact) mass is 421 g/mol. The molecule has 0 fully saturated rings. The lowest BCUT2D eigenvalue weighted by molar-refractivity contribution is -0.384. The lowest BCUT2D eigenvalue weighted by Gasteiger charge is -2.10. The summed E-state index contributed by atoms with van der Waals surface area (Å²) in [5.74, 6) is -1.87. The van der Waals surface area contributed by atoms with Gasteiger partial charge < -0.3 is 14.2 Å². The molecule has 0 unspecified atom stereocenters. The third-order valence-electron chi connectivity index (χ3n) is 4.18. The second-order valence-corrected chi connectivity index (χ2v) is 6.79. The number of unbranched alkanes of at least 4 members (excludes halogenated alkanes) is 6. The molecule has 0 aromatic heterocycles. The zero-order chi connectivity index (χ0) is 22.2. The Labute approximate surface area is 177 Å². The van der Waals surface area contributed by atoms with Crippen molar-refractivity contribution >= 4 is 17.6 Å². The average molecular weight is 421 g/mol.